The third kappa shape index (κ3) is 3.39. The number of nitriles is 1. The second-order valence-corrected chi connectivity index (χ2v) is 9.88. The summed E-state index contributed by atoms with van der Waals surface area (Å²) in [5, 5.41) is 10.9. The number of fused-ring (bicyclic) bond motifs is 3. The molecule has 1 saturated carbocycles. The van der Waals surface area contributed by atoms with Crippen LogP contribution in [0.15, 0.2) is 71.8 Å². The van der Waals surface area contributed by atoms with Crippen molar-refractivity contribution in [2.75, 3.05) is 7.05 Å². The summed E-state index contributed by atoms with van der Waals surface area (Å²) in [4.78, 5) is 11.3. The molecule has 172 valence electrons. The predicted octanol–water partition coefficient (Wildman–Crippen LogP) is 5.02. The maximum atomic E-state index is 9.33. The highest BCUT2D eigenvalue weighted by molar-refractivity contribution is 5.79. The van der Waals surface area contributed by atoms with Gasteiger partial charge in [-0.25, -0.2) is 14.9 Å². The van der Waals surface area contributed by atoms with Gasteiger partial charge in [0.25, 0.3) is 0 Å². The molecule has 0 radical (unpaired) electrons. The van der Waals surface area contributed by atoms with Gasteiger partial charge in [-0.3, -0.25) is 0 Å². The summed E-state index contributed by atoms with van der Waals surface area (Å²) in [7, 11) is 1.80. The third-order valence-electron chi connectivity index (χ3n) is 7.76. The number of nitrogens with zero attached hydrogens (tertiary/aromatic N) is 3. The largest absolute Gasteiger partial charge is 0.487 e. The average Bonchev–Trinajstić information content (AvgIpc) is 3.03. The van der Waals surface area contributed by atoms with Crippen molar-refractivity contribution in [1.82, 2.24) is 5.06 Å². The molecular formula is C28H28N4O2. The lowest BCUT2D eigenvalue weighted by atomic mass is 9.79. The molecule has 2 aromatic carbocycles. The van der Waals surface area contributed by atoms with Crippen molar-refractivity contribution in [1.29, 1.82) is 5.26 Å². The van der Waals surface area contributed by atoms with Gasteiger partial charge in [0.2, 0.25) is 11.7 Å². The summed E-state index contributed by atoms with van der Waals surface area (Å²) in [6.07, 6.45) is 13.7. The van der Waals surface area contributed by atoms with E-state index >= 15 is 0 Å². The van der Waals surface area contributed by atoms with Gasteiger partial charge in [0.15, 0.2) is 0 Å². The Balaban J connectivity index is 1.42. The van der Waals surface area contributed by atoms with Crippen molar-refractivity contribution in [3.8, 4) is 22.9 Å². The van der Waals surface area contributed by atoms with Crippen LogP contribution in [0.3, 0.4) is 0 Å². The zero-order chi connectivity index (χ0) is 23.3. The molecule has 0 aromatic heterocycles. The van der Waals surface area contributed by atoms with Crippen LogP contribution in [-0.4, -0.2) is 23.7 Å². The molecule has 6 nitrogen and oxygen atoms in total. The highest BCUT2D eigenvalue weighted by Crippen LogP contribution is 2.54. The lowest BCUT2D eigenvalue weighted by Gasteiger charge is -2.45. The number of benzene rings is 2. The fraction of sp³-hybridized carbons (Fsp3) is 0.357. The molecule has 1 fully saturated rings. The normalized spacial score (nSPS) is 31.4. The number of nitrogens with two attached hydrogens (primary N) is 1. The van der Waals surface area contributed by atoms with Crippen LogP contribution in [0.1, 0.15) is 43.2 Å². The first kappa shape index (κ1) is 21.0. The highest BCUT2D eigenvalue weighted by atomic mass is 16.7. The third-order valence-corrected chi connectivity index (χ3v) is 7.76. The lowest BCUT2D eigenvalue weighted by molar-refractivity contribution is -0.205. The minimum atomic E-state index is -0.920. The Kier molecular flexibility index (Phi) is 4.79. The summed E-state index contributed by atoms with van der Waals surface area (Å²) < 4.78 is 6.83. The number of allylic oxidation sites excluding steroid dienone is 4. The van der Waals surface area contributed by atoms with Crippen LogP contribution in [0.2, 0.25) is 0 Å². The maximum Gasteiger partial charge on any atom is 0.222 e. The fourth-order valence-corrected chi connectivity index (χ4v) is 5.99. The monoisotopic (exact) mass is 452 g/mol. The molecule has 6 heteroatoms. The number of hydrogen-bond donors (Lipinski definition) is 1. The molecule has 0 bridgehead atoms. The van der Waals surface area contributed by atoms with Crippen LogP contribution in [0, 0.1) is 23.2 Å². The molecular weight excluding hydrogens is 424 g/mol. The van der Waals surface area contributed by atoms with E-state index in [1.807, 2.05) is 30.3 Å². The Hall–Kier alpha value is -3.56. The second kappa shape index (κ2) is 7.75. The van der Waals surface area contributed by atoms with E-state index in [0.29, 0.717) is 29.8 Å². The van der Waals surface area contributed by atoms with Gasteiger partial charge in [-0.15, -0.1) is 0 Å². The van der Waals surface area contributed by atoms with Gasteiger partial charge in [-0.1, -0.05) is 42.5 Å². The van der Waals surface area contributed by atoms with E-state index in [9.17, 15) is 5.26 Å². The predicted molar refractivity (Wildman–Crippen MR) is 130 cm³/mol. The minimum Gasteiger partial charge on any atom is -0.487 e. The molecule has 6 rings (SSSR count). The highest BCUT2D eigenvalue weighted by Gasteiger charge is 2.55. The van der Waals surface area contributed by atoms with E-state index in [1.54, 1.807) is 12.1 Å². The van der Waals surface area contributed by atoms with Gasteiger partial charge in [-0.2, -0.15) is 5.26 Å². The quantitative estimate of drug-likeness (QED) is 0.657. The van der Waals surface area contributed by atoms with Crippen molar-refractivity contribution in [3.63, 3.8) is 0 Å². The molecule has 0 saturated heterocycles. The Labute approximate surface area is 199 Å². The zero-order valence-corrected chi connectivity index (χ0v) is 19.3. The second-order valence-electron chi connectivity index (χ2n) is 9.88. The molecule has 2 heterocycles. The molecule has 2 N–H and O–H groups in total. The van der Waals surface area contributed by atoms with E-state index in [4.69, 9.17) is 20.3 Å². The first-order chi connectivity index (χ1) is 16.5. The number of hydrogen-bond acceptors (Lipinski definition) is 6. The van der Waals surface area contributed by atoms with E-state index in [0.717, 1.165) is 48.1 Å². The van der Waals surface area contributed by atoms with E-state index in [-0.39, 0.29) is 5.60 Å². The van der Waals surface area contributed by atoms with Crippen molar-refractivity contribution in [2.45, 2.75) is 43.4 Å². The van der Waals surface area contributed by atoms with Crippen LogP contribution in [0.4, 0.5) is 0 Å². The number of guanidine groups is 1. The van der Waals surface area contributed by atoms with Crippen LogP contribution in [-0.2, 0) is 10.6 Å². The number of ether oxygens (including phenoxy) is 1. The van der Waals surface area contributed by atoms with Crippen LogP contribution in [0.25, 0.3) is 11.1 Å². The first-order valence-electron chi connectivity index (χ1n) is 12.0. The zero-order valence-electron chi connectivity index (χ0n) is 19.3. The number of hydroxylamine groups is 2. The van der Waals surface area contributed by atoms with Gasteiger partial charge in [-0.05, 0) is 72.9 Å². The molecule has 2 aromatic rings. The van der Waals surface area contributed by atoms with Gasteiger partial charge in [0.05, 0.1) is 17.2 Å². The van der Waals surface area contributed by atoms with Crippen molar-refractivity contribution < 1.29 is 9.57 Å². The summed E-state index contributed by atoms with van der Waals surface area (Å²) in [6.45, 7) is 0. The summed E-state index contributed by atoms with van der Waals surface area (Å²) in [5.74, 6) is 2.28. The van der Waals surface area contributed by atoms with E-state index < -0.39 is 5.72 Å². The molecule has 2 aliphatic carbocycles. The molecule has 3 unspecified atom stereocenters. The SMILES string of the molecule is CN1OC2(CC3(CCC4C=CC=CC4CC3)Oc3ccc(-c4cccc(C#N)c4)cc32)N=C1N. The Morgan fingerprint density at radius 1 is 1.06 bits per heavy atom. The fourth-order valence-electron chi connectivity index (χ4n) is 5.99. The number of aliphatic imine (C=N–C) groups is 1. The summed E-state index contributed by atoms with van der Waals surface area (Å²) in [5.41, 5.74) is 8.42. The standard InChI is InChI=1S/C28H28N4O2/c1-32-26(30)31-28(34-32)18-27(13-11-20-6-2-3-7-21(20)12-14-27)33-25-10-9-23(16-24(25)28)22-8-4-5-19(15-22)17-29/h2-10,15-16,20-21H,11-14,18H2,1H3,(H2,30,31). The maximum absolute atomic E-state index is 9.33. The Morgan fingerprint density at radius 3 is 2.47 bits per heavy atom. The molecule has 2 aliphatic heterocycles. The molecule has 2 spiro atoms. The van der Waals surface area contributed by atoms with E-state index in [1.165, 1.54) is 0 Å². The van der Waals surface area contributed by atoms with Crippen molar-refractivity contribution in [3.05, 3.63) is 77.9 Å². The van der Waals surface area contributed by atoms with E-state index in [2.05, 4.69) is 42.5 Å². The van der Waals surface area contributed by atoms with Crippen LogP contribution >= 0.6 is 0 Å². The van der Waals surface area contributed by atoms with Crippen molar-refractivity contribution >= 4 is 5.96 Å². The molecule has 3 atom stereocenters. The Bertz CT molecular complexity index is 1250. The Morgan fingerprint density at radius 2 is 1.79 bits per heavy atom. The van der Waals surface area contributed by atoms with Gasteiger partial charge < -0.3 is 10.5 Å². The average molecular weight is 453 g/mol. The van der Waals surface area contributed by atoms with Crippen molar-refractivity contribution in [2.24, 2.45) is 22.6 Å². The topological polar surface area (TPSA) is 83.9 Å². The number of rotatable bonds is 1. The summed E-state index contributed by atoms with van der Waals surface area (Å²) >= 11 is 0. The molecule has 0 amide bonds. The van der Waals surface area contributed by atoms with Gasteiger partial charge >= 0.3 is 0 Å². The van der Waals surface area contributed by atoms with Crippen LogP contribution in [0.5, 0.6) is 5.75 Å². The van der Waals surface area contributed by atoms with Gasteiger partial charge in [0, 0.05) is 13.5 Å². The van der Waals surface area contributed by atoms with Crippen LogP contribution < -0.4 is 10.5 Å². The van der Waals surface area contributed by atoms with Gasteiger partial charge in [0.1, 0.15) is 11.4 Å². The molecule has 34 heavy (non-hydrogen) atoms. The minimum absolute atomic E-state index is 0.358. The lowest BCUT2D eigenvalue weighted by Crippen LogP contribution is -2.48. The first-order valence-corrected chi connectivity index (χ1v) is 12.0. The molecule has 4 aliphatic rings. The smallest absolute Gasteiger partial charge is 0.222 e. The summed E-state index contributed by atoms with van der Waals surface area (Å²) in [6, 6.07) is 16.0.